The van der Waals surface area contributed by atoms with E-state index in [4.69, 9.17) is 14.4 Å². The van der Waals surface area contributed by atoms with Gasteiger partial charge in [0.25, 0.3) is 0 Å². The Balaban J connectivity index is 1.59. The van der Waals surface area contributed by atoms with Crippen molar-refractivity contribution in [1.29, 1.82) is 0 Å². The van der Waals surface area contributed by atoms with Crippen LogP contribution in [0.5, 0.6) is 0 Å². The molecule has 0 amide bonds. The van der Waals surface area contributed by atoms with Gasteiger partial charge in [-0.25, -0.2) is 0 Å². The van der Waals surface area contributed by atoms with E-state index in [1.165, 1.54) is 27.8 Å². The van der Waals surface area contributed by atoms with Gasteiger partial charge in [0.1, 0.15) is 5.71 Å². The summed E-state index contributed by atoms with van der Waals surface area (Å²) in [5, 5.41) is 9.32. The highest BCUT2D eigenvalue weighted by Gasteiger charge is 2.60. The molecule has 6 nitrogen and oxygen atoms in total. The Morgan fingerprint density at radius 3 is 2.19 bits per heavy atom. The highest BCUT2D eigenvalue weighted by molar-refractivity contribution is 6.15. The highest BCUT2D eigenvalue weighted by atomic mass is 16.7. The fourth-order valence-electron chi connectivity index (χ4n) is 5.48. The summed E-state index contributed by atoms with van der Waals surface area (Å²) in [6, 6.07) is 10.7. The van der Waals surface area contributed by atoms with Crippen molar-refractivity contribution in [2.24, 2.45) is 10.3 Å². The highest BCUT2D eigenvalue weighted by Crippen LogP contribution is 2.42. The Labute approximate surface area is 189 Å². The molecule has 2 aromatic carbocycles. The molecule has 0 bridgehead atoms. The van der Waals surface area contributed by atoms with E-state index in [2.05, 4.69) is 80.2 Å². The molecule has 1 spiro atoms. The molecule has 0 radical (unpaired) electrons. The van der Waals surface area contributed by atoms with Gasteiger partial charge in [-0.05, 0) is 56.9 Å². The van der Waals surface area contributed by atoms with Crippen LogP contribution in [0.15, 0.2) is 40.6 Å². The number of hydrogen-bond donors (Lipinski definition) is 0. The maximum atomic E-state index is 6.40. The summed E-state index contributed by atoms with van der Waals surface area (Å²) in [5.74, 6) is 0. The third kappa shape index (κ3) is 3.33. The average molecular weight is 434 g/mol. The van der Waals surface area contributed by atoms with E-state index >= 15 is 0 Å². The predicted octanol–water partition coefficient (Wildman–Crippen LogP) is 4.18. The van der Waals surface area contributed by atoms with E-state index in [-0.39, 0.29) is 6.23 Å². The van der Waals surface area contributed by atoms with Crippen molar-refractivity contribution in [1.82, 2.24) is 4.90 Å². The first kappa shape index (κ1) is 21.2. The number of morpholine rings is 1. The van der Waals surface area contributed by atoms with Crippen molar-refractivity contribution in [2.75, 3.05) is 26.3 Å². The molecule has 2 aromatic rings. The molecule has 0 saturated carbocycles. The summed E-state index contributed by atoms with van der Waals surface area (Å²) in [4.78, 5) is 14.8. The SMILES string of the molecule is Cc1cc(C)c(C2=NOC(N3CCOCC3)C23CC(c2c(C)cccc2C)=NO3)c(C)c1. The molecule has 5 rings (SSSR count). The molecular weight excluding hydrogens is 402 g/mol. The molecule has 6 heteroatoms. The number of ether oxygens (including phenoxy) is 1. The lowest BCUT2D eigenvalue weighted by Crippen LogP contribution is -2.57. The minimum Gasteiger partial charge on any atom is -0.379 e. The molecule has 2 unspecified atom stereocenters. The van der Waals surface area contributed by atoms with Crippen LogP contribution >= 0.6 is 0 Å². The number of hydrogen-bond acceptors (Lipinski definition) is 6. The summed E-state index contributed by atoms with van der Waals surface area (Å²) < 4.78 is 5.59. The molecule has 3 aliphatic heterocycles. The van der Waals surface area contributed by atoms with Gasteiger partial charge in [0, 0.05) is 30.6 Å². The van der Waals surface area contributed by atoms with Crippen molar-refractivity contribution in [3.63, 3.8) is 0 Å². The van der Waals surface area contributed by atoms with E-state index in [0.717, 1.165) is 35.6 Å². The number of oxime groups is 2. The standard InChI is InChI=1S/C26H31N3O3/c1-16-13-19(4)23(20(5)14-16)24-26(25(31-28-24)29-9-11-30-12-10-29)15-21(27-32-26)22-17(2)7-6-8-18(22)3/h6-8,13-14,25H,9-12,15H2,1-5H3. The zero-order valence-corrected chi connectivity index (χ0v) is 19.6. The predicted molar refractivity (Wildman–Crippen MR) is 125 cm³/mol. The first-order valence-corrected chi connectivity index (χ1v) is 11.4. The van der Waals surface area contributed by atoms with E-state index < -0.39 is 5.60 Å². The fraction of sp³-hybridized carbons (Fsp3) is 0.462. The Bertz CT molecular complexity index is 1070. The van der Waals surface area contributed by atoms with E-state index in [1.807, 2.05) is 0 Å². The van der Waals surface area contributed by atoms with Crippen LogP contribution in [0, 0.1) is 34.6 Å². The summed E-state index contributed by atoms with van der Waals surface area (Å²) in [6.45, 7) is 13.6. The van der Waals surface area contributed by atoms with Gasteiger partial charge in [-0.1, -0.05) is 46.2 Å². The van der Waals surface area contributed by atoms with Gasteiger partial charge in [-0.3, -0.25) is 4.90 Å². The second-order valence-corrected chi connectivity index (χ2v) is 9.28. The molecule has 32 heavy (non-hydrogen) atoms. The topological polar surface area (TPSA) is 55.7 Å². The van der Waals surface area contributed by atoms with Crippen LogP contribution in [0.2, 0.25) is 0 Å². The van der Waals surface area contributed by atoms with Crippen LogP contribution in [0.3, 0.4) is 0 Å². The fourth-order valence-corrected chi connectivity index (χ4v) is 5.48. The molecule has 1 saturated heterocycles. The summed E-state index contributed by atoms with van der Waals surface area (Å²) in [5.41, 5.74) is 9.27. The second-order valence-electron chi connectivity index (χ2n) is 9.28. The van der Waals surface area contributed by atoms with Crippen molar-refractivity contribution < 1.29 is 14.4 Å². The van der Waals surface area contributed by atoms with Gasteiger partial charge >= 0.3 is 0 Å². The number of benzene rings is 2. The summed E-state index contributed by atoms with van der Waals surface area (Å²) in [7, 11) is 0. The third-order valence-corrected chi connectivity index (χ3v) is 6.85. The van der Waals surface area contributed by atoms with Gasteiger partial charge in [-0.15, -0.1) is 0 Å². The molecule has 2 atom stereocenters. The van der Waals surface area contributed by atoms with Crippen LogP contribution < -0.4 is 0 Å². The zero-order valence-electron chi connectivity index (χ0n) is 19.6. The van der Waals surface area contributed by atoms with Gasteiger partial charge < -0.3 is 14.4 Å². The first-order chi connectivity index (χ1) is 15.4. The quantitative estimate of drug-likeness (QED) is 0.729. The van der Waals surface area contributed by atoms with Crippen molar-refractivity contribution >= 4 is 11.4 Å². The van der Waals surface area contributed by atoms with Gasteiger partial charge in [0.2, 0.25) is 11.8 Å². The van der Waals surface area contributed by atoms with E-state index in [1.54, 1.807) is 0 Å². The maximum absolute atomic E-state index is 6.40. The van der Waals surface area contributed by atoms with Crippen LogP contribution in [0.1, 0.15) is 45.4 Å². The molecular formula is C26H31N3O3. The second kappa shape index (κ2) is 8.01. The first-order valence-electron chi connectivity index (χ1n) is 11.4. The maximum Gasteiger partial charge on any atom is 0.241 e. The van der Waals surface area contributed by atoms with Crippen molar-refractivity contribution in [3.8, 4) is 0 Å². The monoisotopic (exact) mass is 433 g/mol. The van der Waals surface area contributed by atoms with Crippen molar-refractivity contribution in [3.05, 3.63) is 69.3 Å². The van der Waals surface area contributed by atoms with Crippen molar-refractivity contribution in [2.45, 2.75) is 52.9 Å². The van der Waals surface area contributed by atoms with Crippen LogP contribution in [-0.4, -0.2) is 54.5 Å². The van der Waals surface area contributed by atoms with E-state index in [0.29, 0.717) is 19.6 Å². The smallest absolute Gasteiger partial charge is 0.241 e. The number of aryl methyl sites for hydroxylation is 5. The van der Waals surface area contributed by atoms with Crippen LogP contribution in [0.4, 0.5) is 0 Å². The Kier molecular flexibility index (Phi) is 5.30. The van der Waals surface area contributed by atoms with Crippen LogP contribution in [0.25, 0.3) is 0 Å². The lowest BCUT2D eigenvalue weighted by atomic mass is 9.80. The largest absolute Gasteiger partial charge is 0.379 e. The molecule has 168 valence electrons. The van der Waals surface area contributed by atoms with Gasteiger partial charge in [0.05, 0.1) is 18.9 Å². The Morgan fingerprint density at radius 2 is 1.53 bits per heavy atom. The van der Waals surface area contributed by atoms with Gasteiger partial charge in [0.15, 0.2) is 0 Å². The zero-order chi connectivity index (χ0) is 22.5. The van der Waals surface area contributed by atoms with Gasteiger partial charge in [-0.2, -0.15) is 0 Å². The third-order valence-electron chi connectivity index (χ3n) is 6.85. The minimum absolute atomic E-state index is 0.341. The molecule has 1 fully saturated rings. The minimum atomic E-state index is -0.786. The Morgan fingerprint density at radius 1 is 0.875 bits per heavy atom. The molecule has 3 heterocycles. The number of nitrogens with zero attached hydrogens (tertiary/aromatic N) is 3. The van der Waals surface area contributed by atoms with Crippen LogP contribution in [-0.2, 0) is 14.4 Å². The molecule has 0 aliphatic carbocycles. The lowest BCUT2D eigenvalue weighted by molar-refractivity contribution is -0.159. The average Bonchev–Trinajstić information content (AvgIpc) is 3.33. The van der Waals surface area contributed by atoms with E-state index in [9.17, 15) is 0 Å². The number of rotatable bonds is 3. The Hall–Kier alpha value is -2.70. The normalized spacial score (nSPS) is 25.5. The molecule has 3 aliphatic rings. The molecule has 0 aromatic heterocycles. The summed E-state index contributed by atoms with van der Waals surface area (Å²) >= 11 is 0. The summed E-state index contributed by atoms with van der Waals surface area (Å²) in [6.07, 6.45) is 0.277. The lowest BCUT2D eigenvalue weighted by Gasteiger charge is -2.37. The molecule has 0 N–H and O–H groups in total.